The van der Waals surface area contributed by atoms with E-state index in [1.54, 1.807) is 12.3 Å². The summed E-state index contributed by atoms with van der Waals surface area (Å²) in [6, 6.07) is 1.75. The summed E-state index contributed by atoms with van der Waals surface area (Å²) in [4.78, 5) is 22.4. The average Bonchev–Trinajstić information content (AvgIpc) is 2.74. The van der Waals surface area contributed by atoms with Crippen molar-refractivity contribution in [3.05, 3.63) is 45.8 Å². The van der Waals surface area contributed by atoms with Crippen LogP contribution in [-0.2, 0) is 6.42 Å². The zero-order valence-corrected chi connectivity index (χ0v) is 8.82. The van der Waals surface area contributed by atoms with Crippen LogP contribution in [-0.4, -0.2) is 11.0 Å². The second-order valence-corrected chi connectivity index (χ2v) is 3.52. The van der Waals surface area contributed by atoms with Crippen molar-refractivity contribution in [2.45, 2.75) is 6.42 Å². The second kappa shape index (κ2) is 4.12. The van der Waals surface area contributed by atoms with Crippen LogP contribution in [0.4, 0.5) is 5.69 Å². The highest BCUT2D eigenvalue weighted by Crippen LogP contribution is 2.13. The molecule has 0 radical (unpaired) electrons. The van der Waals surface area contributed by atoms with Crippen LogP contribution in [0.1, 0.15) is 21.6 Å². The topological polar surface area (TPSA) is 129 Å². The molecule has 2 rings (SSSR count). The monoisotopic (exact) mass is 235 g/mol. The number of H-pyrrole nitrogens is 2. The summed E-state index contributed by atoms with van der Waals surface area (Å²) in [6.45, 7) is 0. The Morgan fingerprint density at radius 3 is 2.88 bits per heavy atom. The summed E-state index contributed by atoms with van der Waals surface area (Å²) in [5.74, 6) is -0.855. The predicted octanol–water partition coefficient (Wildman–Crippen LogP) is -0.946. The standard InChI is InChI=1S/C10H10N4O3/c11-8-6(3-5-1-2-17-4-5)13-14-10(16)7(8)9(12)15/h1-2,4H,3H2,(H2,12,15)(H3,11,14,16)/p+1. The molecular formula is C10H11N4O3+. The average molecular weight is 235 g/mol. The van der Waals surface area contributed by atoms with Crippen LogP contribution in [0.3, 0.4) is 0 Å². The number of nitrogen functional groups attached to an aromatic ring is 1. The van der Waals surface area contributed by atoms with Crippen LogP contribution in [0.5, 0.6) is 0 Å². The van der Waals surface area contributed by atoms with Gasteiger partial charge in [-0.1, -0.05) is 0 Å². The molecule has 0 aromatic carbocycles. The molecule has 7 heteroatoms. The molecule has 88 valence electrons. The molecule has 1 amide bonds. The van der Waals surface area contributed by atoms with E-state index in [2.05, 4.69) is 10.2 Å². The minimum absolute atomic E-state index is 0.0578. The molecule has 0 bridgehead atoms. The molecule has 0 saturated carbocycles. The van der Waals surface area contributed by atoms with E-state index in [0.29, 0.717) is 12.1 Å². The Morgan fingerprint density at radius 1 is 1.53 bits per heavy atom. The van der Waals surface area contributed by atoms with Gasteiger partial charge in [0.1, 0.15) is 11.3 Å². The molecule has 2 aromatic heterocycles. The van der Waals surface area contributed by atoms with E-state index in [0.717, 1.165) is 5.56 Å². The molecule has 0 aliphatic rings. The van der Waals surface area contributed by atoms with Crippen molar-refractivity contribution in [2.75, 3.05) is 5.73 Å². The molecule has 6 N–H and O–H groups in total. The van der Waals surface area contributed by atoms with Gasteiger partial charge in [0.05, 0.1) is 18.9 Å². The van der Waals surface area contributed by atoms with Crippen molar-refractivity contribution in [1.82, 2.24) is 5.10 Å². The van der Waals surface area contributed by atoms with Crippen LogP contribution in [0.25, 0.3) is 0 Å². The number of aromatic amines is 2. The largest absolute Gasteiger partial charge is 0.472 e. The van der Waals surface area contributed by atoms with Gasteiger partial charge in [0, 0.05) is 5.56 Å². The molecule has 2 heterocycles. The van der Waals surface area contributed by atoms with Crippen LogP contribution in [0.2, 0.25) is 0 Å². The van der Waals surface area contributed by atoms with E-state index >= 15 is 0 Å². The maximum absolute atomic E-state index is 11.3. The number of rotatable bonds is 3. The number of primary amides is 1. The molecule has 0 saturated heterocycles. The van der Waals surface area contributed by atoms with Gasteiger partial charge < -0.3 is 15.9 Å². The molecule has 0 spiro atoms. The van der Waals surface area contributed by atoms with Crippen LogP contribution in [0, 0.1) is 0 Å². The third-order valence-corrected chi connectivity index (χ3v) is 2.36. The van der Waals surface area contributed by atoms with Crippen LogP contribution >= 0.6 is 0 Å². The number of amides is 1. The first-order chi connectivity index (χ1) is 8.09. The molecule has 2 aromatic rings. The molecule has 17 heavy (non-hydrogen) atoms. The third-order valence-electron chi connectivity index (χ3n) is 2.36. The molecule has 0 fully saturated rings. The Kier molecular flexibility index (Phi) is 2.65. The van der Waals surface area contributed by atoms with Crippen LogP contribution < -0.4 is 22.1 Å². The summed E-state index contributed by atoms with van der Waals surface area (Å²) in [7, 11) is 0. The summed E-state index contributed by atoms with van der Waals surface area (Å²) in [5, 5.41) is 4.94. The number of nitrogens with one attached hydrogen (secondary N) is 2. The van der Waals surface area contributed by atoms with Gasteiger partial charge in [0.25, 0.3) is 5.91 Å². The fourth-order valence-corrected chi connectivity index (χ4v) is 1.52. The fraction of sp³-hybridized carbons (Fsp3) is 0.100. The molecule has 0 aliphatic heterocycles. The minimum atomic E-state index is -0.855. The predicted molar refractivity (Wildman–Crippen MR) is 58.1 cm³/mol. The second-order valence-electron chi connectivity index (χ2n) is 3.52. The number of furan rings is 1. The van der Waals surface area contributed by atoms with E-state index in [1.807, 2.05) is 0 Å². The van der Waals surface area contributed by atoms with Crippen molar-refractivity contribution >= 4 is 11.6 Å². The molecule has 0 unspecified atom stereocenters. The number of aromatic nitrogens is 2. The SMILES string of the molecule is NC(=O)c1c(N)c(Cc2ccoc2)[nH+][nH]c1=O. The maximum Gasteiger partial charge on any atom is 0.312 e. The smallest absolute Gasteiger partial charge is 0.312 e. The number of anilines is 1. The zero-order chi connectivity index (χ0) is 12.4. The first-order valence-electron chi connectivity index (χ1n) is 4.82. The normalized spacial score (nSPS) is 10.4. The number of hydrogen-bond acceptors (Lipinski definition) is 4. The van der Waals surface area contributed by atoms with Gasteiger partial charge in [-0.2, -0.15) is 0 Å². The highest BCUT2D eigenvalue weighted by Gasteiger charge is 2.20. The van der Waals surface area contributed by atoms with Crippen molar-refractivity contribution in [1.29, 1.82) is 0 Å². The highest BCUT2D eigenvalue weighted by molar-refractivity contribution is 5.97. The first kappa shape index (κ1) is 10.9. The number of hydrogen-bond donors (Lipinski definition) is 3. The number of carbonyl (C=O) groups is 1. The Labute approximate surface area is 95.4 Å². The Balaban J connectivity index is 2.46. The fourth-order valence-electron chi connectivity index (χ4n) is 1.52. The van der Waals surface area contributed by atoms with Gasteiger partial charge in [-0.25, -0.2) is 0 Å². The van der Waals surface area contributed by atoms with Crippen molar-refractivity contribution in [2.24, 2.45) is 5.73 Å². The minimum Gasteiger partial charge on any atom is -0.472 e. The Morgan fingerprint density at radius 2 is 2.29 bits per heavy atom. The van der Waals surface area contributed by atoms with Gasteiger partial charge in [0.15, 0.2) is 0 Å². The van der Waals surface area contributed by atoms with Crippen molar-refractivity contribution in [3.63, 3.8) is 0 Å². The summed E-state index contributed by atoms with van der Waals surface area (Å²) in [6.07, 6.45) is 3.47. The van der Waals surface area contributed by atoms with Gasteiger partial charge in [-0.05, 0) is 6.07 Å². The Bertz CT molecular complexity index is 601. The van der Waals surface area contributed by atoms with E-state index in [-0.39, 0.29) is 11.3 Å². The lowest BCUT2D eigenvalue weighted by Gasteiger charge is -2.00. The molecule has 0 atom stereocenters. The molecule has 0 aliphatic carbocycles. The van der Waals surface area contributed by atoms with Gasteiger partial charge in [0.2, 0.25) is 5.69 Å². The molecule has 7 nitrogen and oxygen atoms in total. The van der Waals surface area contributed by atoms with Crippen molar-refractivity contribution < 1.29 is 14.3 Å². The summed E-state index contributed by atoms with van der Waals surface area (Å²) < 4.78 is 4.91. The Hall–Kier alpha value is -2.57. The highest BCUT2D eigenvalue weighted by atomic mass is 16.3. The van der Waals surface area contributed by atoms with E-state index < -0.39 is 11.5 Å². The van der Waals surface area contributed by atoms with E-state index in [1.165, 1.54) is 6.26 Å². The van der Waals surface area contributed by atoms with Gasteiger partial charge >= 0.3 is 5.56 Å². The zero-order valence-electron chi connectivity index (χ0n) is 8.82. The van der Waals surface area contributed by atoms with E-state index in [4.69, 9.17) is 15.9 Å². The van der Waals surface area contributed by atoms with Crippen molar-refractivity contribution in [3.8, 4) is 0 Å². The summed E-state index contributed by atoms with van der Waals surface area (Å²) >= 11 is 0. The first-order valence-corrected chi connectivity index (χ1v) is 4.82. The third kappa shape index (κ3) is 2.03. The lowest BCUT2D eigenvalue weighted by Crippen LogP contribution is -2.34. The summed E-state index contributed by atoms with van der Waals surface area (Å²) in [5.41, 5.74) is 11.4. The number of carbonyl (C=O) groups excluding carboxylic acids is 1. The lowest BCUT2D eigenvalue weighted by atomic mass is 10.1. The maximum atomic E-state index is 11.3. The number of nitrogens with two attached hydrogens (primary N) is 2. The quantitative estimate of drug-likeness (QED) is 0.633. The lowest BCUT2D eigenvalue weighted by molar-refractivity contribution is -0.466. The van der Waals surface area contributed by atoms with E-state index in [9.17, 15) is 9.59 Å². The van der Waals surface area contributed by atoms with Crippen LogP contribution in [0.15, 0.2) is 27.8 Å². The molecular weight excluding hydrogens is 224 g/mol. The van der Waals surface area contributed by atoms with Gasteiger partial charge in [-0.3, -0.25) is 9.59 Å². The van der Waals surface area contributed by atoms with Gasteiger partial charge in [-0.15, -0.1) is 10.2 Å².